The summed E-state index contributed by atoms with van der Waals surface area (Å²) < 4.78 is 39.4. The predicted molar refractivity (Wildman–Crippen MR) is 39.0 cm³/mol. The van der Waals surface area contributed by atoms with Gasteiger partial charge in [0.05, 0.1) is 0 Å². The molecular formula is C2H4Cl2O4S2. The zero-order valence-corrected chi connectivity index (χ0v) is 7.93. The molecule has 0 fully saturated rings. The summed E-state index contributed by atoms with van der Waals surface area (Å²) >= 11 is 0. The highest BCUT2D eigenvalue weighted by molar-refractivity contribution is 8.28. The zero-order chi connectivity index (χ0) is 8.58. The third-order valence-electron chi connectivity index (χ3n) is 0.793. The minimum absolute atomic E-state index is 0.894. The van der Waals surface area contributed by atoms with Gasteiger partial charge in [-0.2, -0.15) is 0 Å². The summed E-state index contributed by atoms with van der Waals surface area (Å²) in [6.45, 7) is 0.894. The highest BCUT2D eigenvalue weighted by Crippen LogP contribution is 2.16. The fraction of sp³-hybridized carbons (Fsp3) is 1.00. The number of hydrogen-bond acceptors (Lipinski definition) is 4. The van der Waals surface area contributed by atoms with Gasteiger partial charge in [0, 0.05) is 21.4 Å². The molecule has 0 amide bonds. The fourth-order valence-electron chi connectivity index (χ4n) is 0.137. The second-order valence-corrected chi connectivity index (χ2v) is 7.71. The van der Waals surface area contributed by atoms with E-state index >= 15 is 0 Å². The van der Waals surface area contributed by atoms with Crippen molar-refractivity contribution in [1.29, 1.82) is 0 Å². The van der Waals surface area contributed by atoms with Crippen LogP contribution in [-0.4, -0.2) is 21.4 Å². The van der Waals surface area contributed by atoms with Crippen molar-refractivity contribution in [2.45, 2.75) is 11.5 Å². The van der Waals surface area contributed by atoms with Gasteiger partial charge in [-0.3, -0.25) is 0 Å². The molecule has 0 aromatic heterocycles. The lowest BCUT2D eigenvalue weighted by atomic mass is 11.0. The van der Waals surface area contributed by atoms with Crippen molar-refractivity contribution in [3.63, 3.8) is 0 Å². The molecule has 0 spiro atoms. The van der Waals surface area contributed by atoms with Gasteiger partial charge in [0.15, 0.2) is 4.58 Å². The van der Waals surface area contributed by atoms with Crippen LogP contribution >= 0.6 is 21.4 Å². The minimum atomic E-state index is -4.11. The van der Waals surface area contributed by atoms with Crippen molar-refractivity contribution < 1.29 is 16.8 Å². The summed E-state index contributed by atoms with van der Waals surface area (Å²) in [5.74, 6) is 0. The largest absolute Gasteiger partial charge is 0.250 e. The lowest BCUT2D eigenvalue weighted by Crippen LogP contribution is -2.18. The predicted octanol–water partition coefficient (Wildman–Crippen LogP) is 0.470. The van der Waals surface area contributed by atoms with Crippen molar-refractivity contribution in [3.05, 3.63) is 0 Å². The second-order valence-electron chi connectivity index (χ2n) is 1.52. The van der Waals surface area contributed by atoms with Crippen molar-refractivity contribution in [2.24, 2.45) is 0 Å². The van der Waals surface area contributed by atoms with Crippen molar-refractivity contribution in [2.75, 3.05) is 0 Å². The van der Waals surface area contributed by atoms with E-state index in [1.807, 2.05) is 0 Å². The van der Waals surface area contributed by atoms with Crippen LogP contribution in [0.3, 0.4) is 0 Å². The number of rotatable bonds is 2. The van der Waals surface area contributed by atoms with E-state index in [2.05, 4.69) is 21.4 Å². The van der Waals surface area contributed by atoms with Gasteiger partial charge in [-0.25, -0.2) is 16.8 Å². The molecule has 0 heterocycles. The molecule has 0 aliphatic rings. The van der Waals surface area contributed by atoms with Crippen LogP contribution in [0.15, 0.2) is 0 Å². The first-order valence-electron chi connectivity index (χ1n) is 2.02. The molecule has 0 radical (unpaired) electrons. The summed E-state index contributed by atoms with van der Waals surface area (Å²) in [6, 6.07) is 0. The van der Waals surface area contributed by atoms with E-state index in [0.29, 0.717) is 0 Å². The Morgan fingerprint density at radius 3 is 1.20 bits per heavy atom. The van der Waals surface area contributed by atoms with Gasteiger partial charge in [-0.15, -0.1) is 0 Å². The average Bonchev–Trinajstić information content (AvgIpc) is 1.59. The van der Waals surface area contributed by atoms with Gasteiger partial charge in [-0.05, 0) is 6.92 Å². The van der Waals surface area contributed by atoms with E-state index in [1.165, 1.54) is 0 Å². The van der Waals surface area contributed by atoms with Gasteiger partial charge >= 0.3 is 0 Å². The van der Waals surface area contributed by atoms with Crippen LogP contribution in [0.4, 0.5) is 0 Å². The molecule has 0 bridgehead atoms. The monoisotopic (exact) mass is 226 g/mol. The third kappa shape index (κ3) is 3.05. The lowest BCUT2D eigenvalue weighted by Gasteiger charge is -2.00. The standard InChI is InChI=1S/C2H4Cl2O4S2/c1-2(9(3,5)6)10(4,7)8/h2H,1H3. The fourth-order valence-corrected chi connectivity index (χ4v) is 3.29. The molecule has 62 valence electrons. The lowest BCUT2D eigenvalue weighted by molar-refractivity contribution is 0.593. The van der Waals surface area contributed by atoms with Crippen LogP contribution in [-0.2, 0) is 18.1 Å². The first kappa shape index (κ1) is 10.5. The Hall–Kier alpha value is 0.480. The van der Waals surface area contributed by atoms with Crippen molar-refractivity contribution in [3.8, 4) is 0 Å². The summed E-state index contributed by atoms with van der Waals surface area (Å²) in [7, 11) is 1.14. The van der Waals surface area contributed by atoms with E-state index in [4.69, 9.17) is 0 Å². The topological polar surface area (TPSA) is 68.3 Å². The van der Waals surface area contributed by atoms with E-state index in [9.17, 15) is 16.8 Å². The molecular weight excluding hydrogens is 223 g/mol. The van der Waals surface area contributed by atoms with Gasteiger partial charge in [-0.1, -0.05) is 0 Å². The molecule has 0 aliphatic carbocycles. The highest BCUT2D eigenvalue weighted by Gasteiger charge is 2.29. The molecule has 0 aromatic carbocycles. The molecule has 0 saturated carbocycles. The van der Waals surface area contributed by atoms with E-state index in [-0.39, 0.29) is 0 Å². The zero-order valence-electron chi connectivity index (χ0n) is 4.78. The second kappa shape index (κ2) is 2.84. The van der Waals surface area contributed by atoms with Crippen molar-refractivity contribution >= 4 is 39.5 Å². The average molecular weight is 227 g/mol. The maximum Gasteiger partial charge on any atom is 0.250 e. The Labute approximate surface area is 68.0 Å². The molecule has 4 nitrogen and oxygen atoms in total. The summed E-state index contributed by atoms with van der Waals surface area (Å²) in [4.78, 5) is 0. The van der Waals surface area contributed by atoms with E-state index < -0.39 is 22.7 Å². The molecule has 0 rings (SSSR count). The summed E-state index contributed by atoms with van der Waals surface area (Å²) in [5.41, 5.74) is 0. The van der Waals surface area contributed by atoms with Crippen molar-refractivity contribution in [1.82, 2.24) is 0 Å². The maximum atomic E-state index is 10.3. The number of hydrogen-bond donors (Lipinski definition) is 0. The van der Waals surface area contributed by atoms with Crippen LogP contribution in [0, 0.1) is 0 Å². The van der Waals surface area contributed by atoms with Crippen LogP contribution < -0.4 is 0 Å². The van der Waals surface area contributed by atoms with E-state index in [1.54, 1.807) is 0 Å². The van der Waals surface area contributed by atoms with Crippen LogP contribution in [0.1, 0.15) is 6.92 Å². The molecule has 0 saturated heterocycles. The first-order chi connectivity index (χ1) is 4.15. The van der Waals surface area contributed by atoms with Crippen LogP contribution in [0.5, 0.6) is 0 Å². The molecule has 0 aromatic rings. The third-order valence-corrected chi connectivity index (χ3v) is 6.14. The van der Waals surface area contributed by atoms with E-state index in [0.717, 1.165) is 6.92 Å². The SMILES string of the molecule is CC(S(=O)(=O)Cl)S(=O)(=O)Cl. The number of halogens is 2. The van der Waals surface area contributed by atoms with Crippen LogP contribution in [0.2, 0.25) is 0 Å². The Balaban J connectivity index is 4.94. The molecule has 0 aliphatic heterocycles. The molecule has 0 unspecified atom stereocenters. The van der Waals surface area contributed by atoms with Crippen LogP contribution in [0.25, 0.3) is 0 Å². The molecule has 0 N–H and O–H groups in total. The molecule has 10 heavy (non-hydrogen) atoms. The minimum Gasteiger partial charge on any atom is -0.211 e. The van der Waals surface area contributed by atoms with Gasteiger partial charge in [0.2, 0.25) is 0 Å². The summed E-state index contributed by atoms with van der Waals surface area (Å²) in [5, 5.41) is 0. The Bertz CT molecular complexity index is 268. The van der Waals surface area contributed by atoms with Gasteiger partial charge < -0.3 is 0 Å². The maximum absolute atomic E-state index is 10.3. The first-order valence-corrected chi connectivity index (χ1v) is 6.77. The quantitative estimate of drug-likeness (QED) is 0.643. The molecule has 0 atom stereocenters. The molecule has 8 heteroatoms. The Morgan fingerprint density at radius 2 is 1.20 bits per heavy atom. The summed E-state index contributed by atoms with van der Waals surface area (Å²) in [6.07, 6.45) is 0. The van der Waals surface area contributed by atoms with Gasteiger partial charge in [0.1, 0.15) is 0 Å². The normalized spacial score (nSPS) is 14.0. The Kier molecular flexibility index (Phi) is 2.98. The van der Waals surface area contributed by atoms with Gasteiger partial charge in [0.25, 0.3) is 18.1 Å². The highest BCUT2D eigenvalue weighted by atomic mass is 35.7. The Morgan fingerprint density at radius 1 is 1.00 bits per heavy atom. The smallest absolute Gasteiger partial charge is 0.211 e.